The van der Waals surface area contributed by atoms with Crippen molar-refractivity contribution in [3.05, 3.63) is 47.3 Å². The van der Waals surface area contributed by atoms with E-state index in [0.717, 1.165) is 36.6 Å². The Labute approximate surface area is 152 Å². The molecule has 1 fully saturated rings. The average Bonchev–Trinajstić information content (AvgIpc) is 3.32. The molecule has 4 rings (SSSR count). The van der Waals surface area contributed by atoms with E-state index in [0.29, 0.717) is 13.1 Å². The van der Waals surface area contributed by atoms with Gasteiger partial charge in [-0.3, -0.25) is 14.9 Å². The van der Waals surface area contributed by atoms with Gasteiger partial charge in [0.15, 0.2) is 0 Å². The Morgan fingerprint density at radius 1 is 1.42 bits per heavy atom. The molecular formula is C18H24N6O2. The highest BCUT2D eigenvalue weighted by Gasteiger charge is 2.34. The van der Waals surface area contributed by atoms with Gasteiger partial charge in [-0.2, -0.15) is 5.10 Å². The van der Waals surface area contributed by atoms with Crippen LogP contribution < -0.4 is 26.2 Å². The molecule has 1 aromatic heterocycles. The van der Waals surface area contributed by atoms with Crippen molar-refractivity contribution in [3.63, 3.8) is 0 Å². The number of ether oxygens (including phenoxy) is 1. The lowest BCUT2D eigenvalue weighted by atomic mass is 9.94. The largest absolute Gasteiger partial charge is 0.497 e. The number of aromatic nitrogens is 2. The van der Waals surface area contributed by atoms with E-state index in [9.17, 15) is 4.79 Å². The summed E-state index contributed by atoms with van der Waals surface area (Å²) >= 11 is 0. The smallest absolute Gasteiger partial charge is 0.226 e. The highest BCUT2D eigenvalue weighted by atomic mass is 16.5. The number of methoxy groups -OCH3 is 1. The van der Waals surface area contributed by atoms with Crippen molar-refractivity contribution in [3.8, 4) is 5.75 Å². The van der Waals surface area contributed by atoms with Crippen LogP contribution in [0.1, 0.15) is 23.0 Å². The fourth-order valence-electron chi connectivity index (χ4n) is 3.54. The molecule has 0 saturated carbocycles. The number of rotatable bonds is 5. The van der Waals surface area contributed by atoms with Gasteiger partial charge in [0.1, 0.15) is 5.75 Å². The maximum absolute atomic E-state index is 12.7. The summed E-state index contributed by atoms with van der Waals surface area (Å²) in [6, 6.07) is 9.76. The number of nitrogens with one attached hydrogen (secondary N) is 4. The molecule has 1 amide bonds. The highest BCUT2D eigenvalue weighted by molar-refractivity contribution is 5.80. The monoisotopic (exact) mass is 356 g/mol. The van der Waals surface area contributed by atoms with Crippen molar-refractivity contribution in [1.82, 2.24) is 31.3 Å². The third kappa shape index (κ3) is 3.44. The van der Waals surface area contributed by atoms with Crippen LogP contribution in [0.3, 0.4) is 0 Å². The zero-order valence-corrected chi connectivity index (χ0v) is 14.8. The number of carbonyl (C=O) groups excluding carboxylic acids is 1. The predicted molar refractivity (Wildman–Crippen MR) is 96.1 cm³/mol. The van der Waals surface area contributed by atoms with Crippen LogP contribution in [-0.4, -0.2) is 35.9 Å². The molecule has 2 unspecified atom stereocenters. The first-order valence-corrected chi connectivity index (χ1v) is 8.91. The van der Waals surface area contributed by atoms with Gasteiger partial charge in [-0.05, 0) is 23.8 Å². The Kier molecular flexibility index (Phi) is 4.87. The summed E-state index contributed by atoms with van der Waals surface area (Å²) in [5, 5.41) is 10.9. The third-order valence-corrected chi connectivity index (χ3v) is 4.94. The van der Waals surface area contributed by atoms with Gasteiger partial charge >= 0.3 is 0 Å². The quantitative estimate of drug-likeness (QED) is 0.606. The fourth-order valence-corrected chi connectivity index (χ4v) is 3.54. The lowest BCUT2D eigenvalue weighted by Crippen LogP contribution is -2.34. The lowest BCUT2D eigenvalue weighted by Gasteiger charge is -2.18. The van der Waals surface area contributed by atoms with Gasteiger partial charge in [0.2, 0.25) is 5.91 Å². The Hall–Kier alpha value is -2.42. The Morgan fingerprint density at radius 3 is 3.19 bits per heavy atom. The Balaban J connectivity index is 1.41. The molecule has 2 aliphatic heterocycles. The minimum atomic E-state index is -0.194. The van der Waals surface area contributed by atoms with Crippen LogP contribution in [-0.2, 0) is 24.4 Å². The van der Waals surface area contributed by atoms with Crippen LogP contribution >= 0.6 is 0 Å². The first-order chi connectivity index (χ1) is 12.7. The molecule has 1 aromatic carbocycles. The molecule has 0 aliphatic carbocycles. The summed E-state index contributed by atoms with van der Waals surface area (Å²) in [5.74, 6) is 0.605. The van der Waals surface area contributed by atoms with Crippen LogP contribution in [0.25, 0.3) is 0 Å². The molecular weight excluding hydrogens is 332 g/mol. The van der Waals surface area contributed by atoms with E-state index in [2.05, 4.69) is 32.7 Å². The Bertz CT molecular complexity index is 766. The maximum Gasteiger partial charge on any atom is 0.226 e. The van der Waals surface area contributed by atoms with E-state index < -0.39 is 0 Å². The molecule has 4 N–H and O–H groups in total. The average molecular weight is 356 g/mol. The van der Waals surface area contributed by atoms with Gasteiger partial charge < -0.3 is 15.4 Å². The number of amides is 1. The zero-order valence-electron chi connectivity index (χ0n) is 14.8. The first kappa shape index (κ1) is 17.0. The molecule has 3 heterocycles. The second-order valence-electron chi connectivity index (χ2n) is 6.63. The summed E-state index contributed by atoms with van der Waals surface area (Å²) in [5.41, 5.74) is 9.39. The normalized spacial score (nSPS) is 22.0. The van der Waals surface area contributed by atoms with E-state index in [4.69, 9.17) is 4.74 Å². The van der Waals surface area contributed by atoms with Gasteiger partial charge in [0, 0.05) is 19.6 Å². The van der Waals surface area contributed by atoms with Gasteiger partial charge in [-0.25, -0.2) is 5.43 Å². The maximum atomic E-state index is 12.7. The first-order valence-electron chi connectivity index (χ1n) is 8.91. The van der Waals surface area contributed by atoms with Gasteiger partial charge in [0.25, 0.3) is 0 Å². The minimum Gasteiger partial charge on any atom is -0.497 e. The zero-order chi connectivity index (χ0) is 17.9. The predicted octanol–water partition coefficient (Wildman–Crippen LogP) is 0.0764. The molecule has 2 aromatic rings. The van der Waals surface area contributed by atoms with Crippen LogP contribution in [0.4, 0.5) is 0 Å². The van der Waals surface area contributed by atoms with Gasteiger partial charge in [0.05, 0.1) is 43.5 Å². The van der Waals surface area contributed by atoms with Crippen molar-refractivity contribution < 1.29 is 9.53 Å². The molecule has 0 bridgehead atoms. The highest BCUT2D eigenvalue weighted by Crippen LogP contribution is 2.27. The number of nitrogens with zero attached hydrogens (tertiary/aromatic N) is 2. The second-order valence-corrected chi connectivity index (χ2v) is 6.63. The molecule has 26 heavy (non-hydrogen) atoms. The summed E-state index contributed by atoms with van der Waals surface area (Å²) in [6.45, 7) is 3.66. The lowest BCUT2D eigenvalue weighted by molar-refractivity contribution is -0.125. The second kappa shape index (κ2) is 7.45. The van der Waals surface area contributed by atoms with Crippen molar-refractivity contribution in [2.45, 2.75) is 25.7 Å². The summed E-state index contributed by atoms with van der Waals surface area (Å²) < 4.78 is 7.30. The summed E-state index contributed by atoms with van der Waals surface area (Å²) in [4.78, 5) is 12.7. The molecule has 8 nitrogen and oxygen atoms in total. The number of carbonyl (C=O) groups is 1. The van der Waals surface area contributed by atoms with Crippen LogP contribution in [0, 0.1) is 5.92 Å². The standard InChI is InChI=1S/C18H24N6O2/c1-26-15-4-2-3-12(7-15)17-16(11-21-22-17)18(25)20-9-13-8-14-10-19-5-6-24(14)23-13/h2-4,7-8,16-17,19,21-22H,5-6,9-11H2,1H3,(H,20,25). The van der Waals surface area contributed by atoms with E-state index >= 15 is 0 Å². The topological polar surface area (TPSA) is 92.2 Å². The van der Waals surface area contributed by atoms with Crippen molar-refractivity contribution in [2.24, 2.45) is 5.92 Å². The third-order valence-electron chi connectivity index (χ3n) is 4.94. The molecule has 0 radical (unpaired) electrons. The SMILES string of the molecule is COc1cccc(C2NNCC2C(=O)NCc2cc3n(n2)CCNC3)c1. The van der Waals surface area contributed by atoms with Crippen LogP contribution in [0.5, 0.6) is 5.75 Å². The number of hydrogen-bond acceptors (Lipinski definition) is 6. The molecule has 138 valence electrons. The van der Waals surface area contributed by atoms with Crippen LogP contribution in [0.2, 0.25) is 0 Å². The van der Waals surface area contributed by atoms with E-state index in [1.807, 2.05) is 28.9 Å². The van der Waals surface area contributed by atoms with Gasteiger partial charge in [-0.15, -0.1) is 0 Å². The molecule has 2 atom stereocenters. The molecule has 0 spiro atoms. The van der Waals surface area contributed by atoms with E-state index in [1.165, 1.54) is 5.69 Å². The molecule has 1 saturated heterocycles. The number of fused-ring (bicyclic) bond motifs is 1. The van der Waals surface area contributed by atoms with Crippen molar-refractivity contribution >= 4 is 5.91 Å². The number of hydrogen-bond donors (Lipinski definition) is 4. The fraction of sp³-hybridized carbons (Fsp3) is 0.444. The van der Waals surface area contributed by atoms with Crippen molar-refractivity contribution in [2.75, 3.05) is 20.2 Å². The Morgan fingerprint density at radius 2 is 2.35 bits per heavy atom. The van der Waals surface area contributed by atoms with Gasteiger partial charge in [-0.1, -0.05) is 12.1 Å². The number of benzene rings is 1. The van der Waals surface area contributed by atoms with Crippen LogP contribution in [0.15, 0.2) is 30.3 Å². The molecule has 2 aliphatic rings. The van der Waals surface area contributed by atoms with E-state index in [-0.39, 0.29) is 17.9 Å². The van der Waals surface area contributed by atoms with Crippen molar-refractivity contribution in [1.29, 1.82) is 0 Å². The van der Waals surface area contributed by atoms with E-state index in [1.54, 1.807) is 7.11 Å². The molecule has 8 heteroatoms. The number of hydrazine groups is 1. The summed E-state index contributed by atoms with van der Waals surface area (Å²) in [6.07, 6.45) is 0. The summed E-state index contributed by atoms with van der Waals surface area (Å²) in [7, 11) is 1.64. The minimum absolute atomic E-state index is 0.0133.